The van der Waals surface area contributed by atoms with E-state index in [4.69, 9.17) is 15.7 Å². The van der Waals surface area contributed by atoms with Crippen molar-refractivity contribution in [3.8, 4) is 17.7 Å². The molecule has 0 bridgehead atoms. The number of anilines is 1. The van der Waals surface area contributed by atoms with E-state index in [1.165, 1.54) is 0 Å². The Balaban J connectivity index is 2.28. The van der Waals surface area contributed by atoms with Crippen LogP contribution < -0.4 is 10.5 Å². The summed E-state index contributed by atoms with van der Waals surface area (Å²) in [6.45, 7) is 0. The van der Waals surface area contributed by atoms with Gasteiger partial charge in [-0.05, 0) is 40.2 Å². The zero-order chi connectivity index (χ0) is 12.3. The first-order valence-electron chi connectivity index (χ1n) is 4.78. The zero-order valence-electron chi connectivity index (χ0n) is 8.72. The van der Waals surface area contributed by atoms with Gasteiger partial charge in [0, 0.05) is 10.7 Å². The summed E-state index contributed by atoms with van der Waals surface area (Å²) in [5.74, 6) is 0.855. The van der Waals surface area contributed by atoms with Gasteiger partial charge in [-0.25, -0.2) is 4.98 Å². The molecule has 0 spiro atoms. The fraction of sp³-hybridized carbons (Fsp3) is 0. The number of benzene rings is 1. The maximum absolute atomic E-state index is 8.77. The fourth-order valence-corrected chi connectivity index (χ4v) is 1.62. The van der Waals surface area contributed by atoms with E-state index in [0.29, 0.717) is 22.9 Å². The average molecular weight is 290 g/mol. The third-order valence-corrected chi connectivity index (χ3v) is 2.46. The monoisotopic (exact) mass is 289 g/mol. The van der Waals surface area contributed by atoms with Gasteiger partial charge in [0.2, 0.25) is 5.88 Å². The first kappa shape index (κ1) is 11.4. The maximum Gasteiger partial charge on any atom is 0.242 e. The van der Waals surface area contributed by atoms with Crippen molar-refractivity contribution >= 4 is 21.6 Å². The highest BCUT2D eigenvalue weighted by Gasteiger charge is 2.04. The Hall–Kier alpha value is -2.06. The lowest BCUT2D eigenvalue weighted by Crippen LogP contribution is -1.95. The van der Waals surface area contributed by atoms with Crippen LogP contribution in [0.15, 0.2) is 41.0 Å². The summed E-state index contributed by atoms with van der Waals surface area (Å²) in [6, 6.07) is 10.5. The summed E-state index contributed by atoms with van der Waals surface area (Å²) in [5, 5.41) is 8.77. The predicted molar refractivity (Wildman–Crippen MR) is 67.6 cm³/mol. The number of halogens is 1. The molecule has 0 unspecified atom stereocenters. The van der Waals surface area contributed by atoms with Crippen LogP contribution in [0, 0.1) is 11.3 Å². The second-order valence-electron chi connectivity index (χ2n) is 3.29. The highest BCUT2D eigenvalue weighted by Crippen LogP contribution is 2.27. The molecule has 0 aliphatic heterocycles. The Bertz CT molecular complexity index is 593. The van der Waals surface area contributed by atoms with E-state index in [1.54, 1.807) is 36.5 Å². The van der Waals surface area contributed by atoms with Crippen LogP contribution in [0.4, 0.5) is 5.69 Å². The number of hydrogen-bond donors (Lipinski definition) is 1. The van der Waals surface area contributed by atoms with Crippen LogP contribution in [-0.4, -0.2) is 4.98 Å². The Kier molecular flexibility index (Phi) is 3.26. The van der Waals surface area contributed by atoms with Crippen molar-refractivity contribution in [1.29, 1.82) is 5.26 Å². The van der Waals surface area contributed by atoms with Crippen LogP contribution in [0.3, 0.4) is 0 Å². The molecule has 2 N–H and O–H groups in total. The van der Waals surface area contributed by atoms with Crippen LogP contribution in [0.5, 0.6) is 11.6 Å². The topological polar surface area (TPSA) is 71.9 Å². The standard InChI is InChI=1S/C12H8BrN3O/c13-9-5-11(15)12(16-7-9)17-10-3-1-2-8(4-10)6-14/h1-5,7H,15H2. The zero-order valence-corrected chi connectivity index (χ0v) is 10.3. The lowest BCUT2D eigenvalue weighted by atomic mass is 10.2. The van der Waals surface area contributed by atoms with E-state index in [9.17, 15) is 0 Å². The molecule has 0 radical (unpaired) electrons. The fourth-order valence-electron chi connectivity index (χ4n) is 1.27. The van der Waals surface area contributed by atoms with Crippen molar-refractivity contribution in [2.45, 2.75) is 0 Å². The SMILES string of the molecule is N#Cc1cccc(Oc2ncc(Br)cc2N)c1. The lowest BCUT2D eigenvalue weighted by Gasteiger charge is -2.07. The molecule has 17 heavy (non-hydrogen) atoms. The van der Waals surface area contributed by atoms with Crippen molar-refractivity contribution in [1.82, 2.24) is 4.98 Å². The number of pyridine rings is 1. The molecule has 2 rings (SSSR count). The molecule has 4 nitrogen and oxygen atoms in total. The molecule has 0 aliphatic carbocycles. The number of ether oxygens (including phenoxy) is 1. The predicted octanol–water partition coefficient (Wildman–Crippen LogP) is 3.09. The number of nitrogens with two attached hydrogens (primary N) is 1. The Morgan fingerprint density at radius 3 is 2.88 bits per heavy atom. The molecule has 0 aliphatic rings. The molecule has 1 heterocycles. The van der Waals surface area contributed by atoms with Gasteiger partial charge in [0.05, 0.1) is 17.3 Å². The first-order chi connectivity index (χ1) is 8.19. The van der Waals surface area contributed by atoms with Gasteiger partial charge in [-0.2, -0.15) is 5.26 Å². The van der Waals surface area contributed by atoms with Gasteiger partial charge in [-0.3, -0.25) is 0 Å². The smallest absolute Gasteiger partial charge is 0.242 e. The van der Waals surface area contributed by atoms with Gasteiger partial charge < -0.3 is 10.5 Å². The van der Waals surface area contributed by atoms with Crippen molar-refractivity contribution < 1.29 is 4.74 Å². The average Bonchev–Trinajstić information content (AvgIpc) is 2.33. The van der Waals surface area contributed by atoms with Crippen molar-refractivity contribution in [3.63, 3.8) is 0 Å². The van der Waals surface area contributed by atoms with Gasteiger partial charge in [0.25, 0.3) is 0 Å². The maximum atomic E-state index is 8.77. The number of aromatic nitrogens is 1. The van der Waals surface area contributed by atoms with Crippen LogP contribution in [0.25, 0.3) is 0 Å². The van der Waals surface area contributed by atoms with Gasteiger partial charge in [-0.1, -0.05) is 6.07 Å². The van der Waals surface area contributed by atoms with Crippen molar-refractivity contribution in [2.24, 2.45) is 0 Å². The largest absolute Gasteiger partial charge is 0.437 e. The molecule has 5 heteroatoms. The first-order valence-corrected chi connectivity index (χ1v) is 5.57. The molecule has 2 aromatic rings. The second kappa shape index (κ2) is 4.85. The van der Waals surface area contributed by atoms with E-state index < -0.39 is 0 Å². The number of nitrogen functional groups attached to an aromatic ring is 1. The summed E-state index contributed by atoms with van der Waals surface area (Å²) >= 11 is 3.26. The highest BCUT2D eigenvalue weighted by atomic mass is 79.9. The van der Waals surface area contributed by atoms with E-state index in [1.807, 2.05) is 6.07 Å². The molecular weight excluding hydrogens is 282 g/mol. The quantitative estimate of drug-likeness (QED) is 0.922. The van der Waals surface area contributed by atoms with Crippen LogP contribution in [0.2, 0.25) is 0 Å². The lowest BCUT2D eigenvalue weighted by molar-refractivity contribution is 0.465. The number of nitriles is 1. The Labute approximate surface area is 107 Å². The minimum atomic E-state index is 0.322. The molecule has 84 valence electrons. The van der Waals surface area contributed by atoms with E-state index in [-0.39, 0.29) is 0 Å². The minimum Gasteiger partial charge on any atom is -0.437 e. The van der Waals surface area contributed by atoms with Gasteiger partial charge in [0.15, 0.2) is 0 Å². The molecule has 1 aromatic carbocycles. The molecular formula is C12H8BrN3O. The Morgan fingerprint density at radius 2 is 2.18 bits per heavy atom. The molecule has 0 saturated carbocycles. The second-order valence-corrected chi connectivity index (χ2v) is 4.21. The number of rotatable bonds is 2. The summed E-state index contributed by atoms with van der Waals surface area (Å²) in [5.41, 5.74) is 6.72. The van der Waals surface area contributed by atoms with Crippen LogP contribution in [0.1, 0.15) is 5.56 Å². The number of hydrogen-bond acceptors (Lipinski definition) is 4. The molecule has 0 saturated heterocycles. The van der Waals surface area contributed by atoms with Crippen molar-refractivity contribution in [3.05, 3.63) is 46.6 Å². The van der Waals surface area contributed by atoms with E-state index in [0.717, 1.165) is 4.47 Å². The van der Waals surface area contributed by atoms with E-state index in [2.05, 4.69) is 20.9 Å². The molecule has 0 fully saturated rings. The normalized spacial score (nSPS) is 9.65. The summed E-state index contributed by atoms with van der Waals surface area (Å²) in [7, 11) is 0. The summed E-state index contributed by atoms with van der Waals surface area (Å²) in [4.78, 5) is 4.05. The summed E-state index contributed by atoms with van der Waals surface area (Å²) < 4.78 is 6.28. The minimum absolute atomic E-state index is 0.322. The van der Waals surface area contributed by atoms with E-state index >= 15 is 0 Å². The van der Waals surface area contributed by atoms with Gasteiger partial charge in [0.1, 0.15) is 5.75 Å². The third kappa shape index (κ3) is 2.74. The van der Waals surface area contributed by atoms with Gasteiger partial charge >= 0.3 is 0 Å². The Morgan fingerprint density at radius 1 is 1.35 bits per heavy atom. The summed E-state index contributed by atoms with van der Waals surface area (Å²) in [6.07, 6.45) is 1.60. The van der Waals surface area contributed by atoms with Gasteiger partial charge in [-0.15, -0.1) is 0 Å². The number of nitrogens with zero attached hydrogens (tertiary/aromatic N) is 2. The van der Waals surface area contributed by atoms with Crippen LogP contribution >= 0.6 is 15.9 Å². The van der Waals surface area contributed by atoms with Crippen LogP contribution in [-0.2, 0) is 0 Å². The molecule has 0 amide bonds. The highest BCUT2D eigenvalue weighted by molar-refractivity contribution is 9.10. The molecule has 0 atom stereocenters. The third-order valence-electron chi connectivity index (χ3n) is 2.02. The molecule has 1 aromatic heterocycles. The van der Waals surface area contributed by atoms with Crippen molar-refractivity contribution in [2.75, 3.05) is 5.73 Å².